The first kappa shape index (κ1) is 15.1. The van der Waals surface area contributed by atoms with Gasteiger partial charge in [-0.2, -0.15) is 0 Å². The molecule has 2 heteroatoms. The van der Waals surface area contributed by atoms with E-state index >= 15 is 0 Å². The fraction of sp³-hybridized carbons (Fsp3) is 0.0488. The molecule has 43 heavy (non-hydrogen) atoms. The molecule has 0 radical (unpaired) electrons. The molecule has 204 valence electrons. The molecule has 0 aliphatic rings. The monoisotopic (exact) mass is 563 g/mol. The molecule has 8 rings (SSSR count). The highest BCUT2D eigenvalue weighted by Crippen LogP contribution is 2.45. The summed E-state index contributed by atoms with van der Waals surface area (Å²) < 4.78 is 116. The minimum Gasteiger partial charge on any atom is -0.296 e. The third kappa shape index (κ3) is 4.14. The molecule has 0 bridgehead atoms. The molecule has 1 aromatic heterocycles. The van der Waals surface area contributed by atoms with Crippen molar-refractivity contribution in [3.63, 3.8) is 0 Å². The molecule has 1 heterocycles. The first-order valence-corrected chi connectivity index (χ1v) is 13.9. The topological polar surface area (TPSA) is 17.8 Å². The Hall–Kier alpha value is -5.47. The average Bonchev–Trinajstić information content (AvgIpc) is 3.60. The van der Waals surface area contributed by atoms with Gasteiger partial charge in [0.25, 0.3) is 0 Å². The van der Waals surface area contributed by atoms with Gasteiger partial charge in [0.2, 0.25) is 0 Å². The zero-order valence-corrected chi connectivity index (χ0v) is 23.0. The highest BCUT2D eigenvalue weighted by Gasteiger charge is 2.20. The standard InChI is InChI=1S/C41H30N2/c1-2-39-42-36-21-11-13-23-38(36)43(39)37-22-12-10-20-35(37)41-33-18-8-6-16-31(33)40(32-17-7-9-19-34(32)41)30-26-24-29(25-27-30)28-14-4-3-5-15-28/h3-27H,2H2,1H3/i3D,4D,5D,6D,7D,8D,9D,14D,15D,16D,17D,18D,19D. The number of imidazole rings is 1. The SMILES string of the molecule is [2H]c1c([2H])c([2H])c(-c2ccc(-c3c4c([2H])c([2H])c([2H])c([2H])c4c(-c4ccccc4-n4c(CC)nc5ccccc54)c4c([2H])c([2H])c([2H])c([2H])c34)cc2)c([2H])c1[2H]. The van der Waals surface area contributed by atoms with E-state index in [-0.39, 0.29) is 43.8 Å². The summed E-state index contributed by atoms with van der Waals surface area (Å²) in [5, 5.41) is 0.154. The average molecular weight is 564 g/mol. The lowest BCUT2D eigenvalue weighted by atomic mass is 9.85. The highest BCUT2D eigenvalue weighted by atomic mass is 15.1. The Morgan fingerprint density at radius 3 is 1.79 bits per heavy atom. The van der Waals surface area contributed by atoms with Gasteiger partial charge in [0.1, 0.15) is 5.82 Å². The first-order chi connectivity index (χ1) is 26.7. The maximum absolute atomic E-state index is 9.38. The molecule has 0 spiro atoms. The lowest BCUT2D eigenvalue weighted by Gasteiger charge is -2.20. The molecule has 0 amide bonds. The van der Waals surface area contributed by atoms with Crippen LogP contribution in [0.15, 0.2) is 151 Å². The molecular weight excluding hydrogens is 520 g/mol. The normalized spacial score (nSPS) is 15.7. The molecule has 0 saturated heterocycles. The van der Waals surface area contributed by atoms with Crippen molar-refractivity contribution in [3.8, 4) is 39.1 Å². The second-order valence-corrected chi connectivity index (χ2v) is 10.1. The van der Waals surface area contributed by atoms with Gasteiger partial charge >= 0.3 is 0 Å². The van der Waals surface area contributed by atoms with Crippen LogP contribution in [-0.2, 0) is 6.42 Å². The second-order valence-electron chi connectivity index (χ2n) is 10.1. The number of aryl methyl sites for hydroxylation is 1. The van der Waals surface area contributed by atoms with Crippen molar-refractivity contribution in [2.24, 2.45) is 0 Å². The zero-order chi connectivity index (χ0) is 40.1. The van der Waals surface area contributed by atoms with Gasteiger partial charge in [0, 0.05) is 12.0 Å². The van der Waals surface area contributed by atoms with Crippen LogP contribution in [0.2, 0.25) is 0 Å². The molecule has 0 unspecified atom stereocenters. The molecule has 7 aromatic carbocycles. The predicted octanol–water partition coefficient (Wildman–Crippen LogP) is 10.9. The van der Waals surface area contributed by atoms with Gasteiger partial charge in [-0.3, -0.25) is 4.57 Å². The summed E-state index contributed by atoms with van der Waals surface area (Å²) in [6, 6.07) is 14.9. The summed E-state index contributed by atoms with van der Waals surface area (Å²) >= 11 is 0. The third-order valence-electron chi connectivity index (χ3n) is 7.70. The number of hydrogen-bond donors (Lipinski definition) is 0. The Kier molecular flexibility index (Phi) is 3.67. The van der Waals surface area contributed by atoms with Gasteiger partial charge in [-0.25, -0.2) is 4.98 Å². The van der Waals surface area contributed by atoms with Crippen LogP contribution in [-0.4, -0.2) is 9.55 Å². The van der Waals surface area contributed by atoms with E-state index in [9.17, 15) is 5.48 Å². The van der Waals surface area contributed by atoms with E-state index in [4.69, 9.17) is 17.3 Å². The van der Waals surface area contributed by atoms with Crippen LogP contribution in [0.5, 0.6) is 0 Å². The summed E-state index contributed by atoms with van der Waals surface area (Å²) in [6.45, 7) is 1.97. The lowest BCUT2D eigenvalue weighted by molar-refractivity contribution is 0.909. The largest absolute Gasteiger partial charge is 0.296 e. The van der Waals surface area contributed by atoms with Gasteiger partial charge in [-0.15, -0.1) is 0 Å². The van der Waals surface area contributed by atoms with Gasteiger partial charge in [-0.05, 0) is 67.6 Å². The van der Waals surface area contributed by atoms with Crippen LogP contribution >= 0.6 is 0 Å². The summed E-state index contributed by atoms with van der Waals surface area (Å²) in [7, 11) is 0. The Morgan fingerprint density at radius 2 is 1.12 bits per heavy atom. The molecule has 0 aliphatic carbocycles. The van der Waals surface area contributed by atoms with E-state index in [2.05, 4.69) is 0 Å². The molecule has 0 atom stereocenters. The lowest BCUT2D eigenvalue weighted by Crippen LogP contribution is -2.03. The maximum Gasteiger partial charge on any atom is 0.114 e. The number of aromatic nitrogens is 2. The number of para-hydroxylation sites is 3. The Balaban J connectivity index is 1.56. The van der Waals surface area contributed by atoms with Crippen LogP contribution in [0.25, 0.3) is 71.6 Å². The molecule has 0 fully saturated rings. The van der Waals surface area contributed by atoms with Gasteiger partial charge in [-0.1, -0.05) is 140 Å². The molecule has 0 aliphatic heterocycles. The van der Waals surface area contributed by atoms with Gasteiger partial charge < -0.3 is 0 Å². The molecule has 0 saturated carbocycles. The fourth-order valence-electron chi connectivity index (χ4n) is 5.84. The predicted molar refractivity (Wildman–Crippen MR) is 182 cm³/mol. The van der Waals surface area contributed by atoms with E-state index in [0.29, 0.717) is 29.1 Å². The smallest absolute Gasteiger partial charge is 0.114 e. The molecule has 2 nitrogen and oxygen atoms in total. The van der Waals surface area contributed by atoms with Crippen LogP contribution in [0, 0.1) is 0 Å². The Labute approximate surface area is 269 Å². The first-order valence-electron chi connectivity index (χ1n) is 20.4. The van der Waals surface area contributed by atoms with Crippen molar-refractivity contribution in [1.82, 2.24) is 9.55 Å². The number of nitrogens with zero attached hydrogens (tertiary/aromatic N) is 2. The van der Waals surface area contributed by atoms with E-state index in [0.717, 1.165) is 11.0 Å². The minimum atomic E-state index is -0.534. The van der Waals surface area contributed by atoms with Crippen molar-refractivity contribution in [3.05, 3.63) is 157 Å². The van der Waals surface area contributed by atoms with Crippen LogP contribution in [0.4, 0.5) is 0 Å². The van der Waals surface area contributed by atoms with Gasteiger partial charge in [0.15, 0.2) is 0 Å². The maximum atomic E-state index is 9.38. The Bertz CT molecular complexity index is 2880. The van der Waals surface area contributed by atoms with Crippen molar-refractivity contribution in [1.29, 1.82) is 0 Å². The molecular formula is C41H30N2. The van der Waals surface area contributed by atoms with Crippen LogP contribution in [0.1, 0.15) is 30.6 Å². The zero-order valence-electron chi connectivity index (χ0n) is 36.0. The fourth-order valence-corrected chi connectivity index (χ4v) is 5.84. The van der Waals surface area contributed by atoms with E-state index in [1.54, 1.807) is 24.3 Å². The minimum absolute atomic E-state index is 0.0279. The van der Waals surface area contributed by atoms with E-state index < -0.39 is 78.6 Å². The Morgan fingerprint density at radius 1 is 0.558 bits per heavy atom. The molecule has 8 aromatic rings. The second kappa shape index (κ2) is 10.4. The van der Waals surface area contributed by atoms with Crippen LogP contribution < -0.4 is 0 Å². The quantitative estimate of drug-likeness (QED) is 0.190. The van der Waals surface area contributed by atoms with Crippen molar-refractivity contribution >= 4 is 32.6 Å². The van der Waals surface area contributed by atoms with Crippen molar-refractivity contribution in [2.75, 3.05) is 0 Å². The van der Waals surface area contributed by atoms with Crippen LogP contribution in [0.3, 0.4) is 0 Å². The number of fused-ring (bicyclic) bond motifs is 3. The summed E-state index contributed by atoms with van der Waals surface area (Å²) in [4.78, 5) is 4.85. The van der Waals surface area contributed by atoms with Crippen molar-refractivity contribution in [2.45, 2.75) is 13.3 Å². The number of hydrogen-bond acceptors (Lipinski definition) is 1. The summed E-state index contributed by atoms with van der Waals surface area (Å²) in [5.74, 6) is 0.715. The number of benzene rings is 7. The highest BCUT2D eigenvalue weighted by molar-refractivity contribution is 6.22. The number of rotatable bonds is 5. The molecule has 0 N–H and O–H groups in total. The third-order valence-corrected chi connectivity index (χ3v) is 7.70. The summed E-state index contributed by atoms with van der Waals surface area (Å²) in [6.07, 6.45) is 0.543. The van der Waals surface area contributed by atoms with Crippen molar-refractivity contribution < 1.29 is 17.8 Å². The van der Waals surface area contributed by atoms with E-state index in [1.165, 1.54) is 12.1 Å². The van der Waals surface area contributed by atoms with E-state index in [1.807, 2.05) is 47.9 Å². The van der Waals surface area contributed by atoms with Gasteiger partial charge in [0.05, 0.1) is 34.5 Å². The summed E-state index contributed by atoms with van der Waals surface area (Å²) in [5.41, 5.74) is 3.47.